The van der Waals surface area contributed by atoms with E-state index in [1.54, 1.807) is 12.3 Å². The minimum absolute atomic E-state index is 0.0648. The number of hydrogen-bond acceptors (Lipinski definition) is 4. The van der Waals surface area contributed by atoms with Crippen LogP contribution >= 0.6 is 0 Å². The van der Waals surface area contributed by atoms with Gasteiger partial charge in [0.15, 0.2) is 0 Å². The lowest BCUT2D eigenvalue weighted by atomic mass is 10.2. The van der Waals surface area contributed by atoms with E-state index in [1.807, 2.05) is 0 Å². The number of morpholine rings is 1. The highest BCUT2D eigenvalue weighted by molar-refractivity contribution is 5.93. The Kier molecular flexibility index (Phi) is 4.22. The second kappa shape index (κ2) is 5.88. The van der Waals surface area contributed by atoms with Crippen LogP contribution in [0.2, 0.25) is 0 Å². The van der Waals surface area contributed by atoms with Gasteiger partial charge in [0.2, 0.25) is 0 Å². The average molecular weight is 252 g/mol. The molecule has 1 amide bonds. The summed E-state index contributed by atoms with van der Waals surface area (Å²) in [5, 5.41) is 2.85. The van der Waals surface area contributed by atoms with E-state index in [2.05, 4.69) is 22.1 Å². The Balaban J connectivity index is 1.79. The molecule has 100 valence electrons. The minimum Gasteiger partial charge on any atom is -0.397 e. The maximum absolute atomic E-state index is 11.8. The van der Waals surface area contributed by atoms with E-state index in [-0.39, 0.29) is 12.0 Å². The van der Waals surface area contributed by atoms with Gasteiger partial charge in [-0.3, -0.25) is 9.69 Å². The molecule has 1 aliphatic heterocycles. The molecule has 2 heterocycles. The number of aromatic nitrogens is 1. The Bertz CT molecular complexity index is 405. The highest BCUT2D eigenvalue weighted by atomic mass is 16.5. The minimum atomic E-state index is -0.149. The lowest BCUT2D eigenvalue weighted by molar-refractivity contribution is -0.0246. The van der Waals surface area contributed by atoms with Crippen molar-refractivity contribution in [2.24, 2.45) is 0 Å². The van der Waals surface area contributed by atoms with Crippen molar-refractivity contribution in [1.29, 1.82) is 0 Å². The molecule has 18 heavy (non-hydrogen) atoms. The topological polar surface area (TPSA) is 83.4 Å². The first-order valence-electron chi connectivity index (χ1n) is 6.25. The smallest absolute Gasteiger partial charge is 0.267 e. The number of nitrogens with one attached hydrogen (secondary N) is 2. The zero-order valence-corrected chi connectivity index (χ0v) is 10.6. The van der Waals surface area contributed by atoms with Crippen LogP contribution in [0.4, 0.5) is 5.69 Å². The second-order valence-electron chi connectivity index (χ2n) is 4.44. The quantitative estimate of drug-likeness (QED) is 0.707. The molecule has 0 spiro atoms. The largest absolute Gasteiger partial charge is 0.397 e. The fourth-order valence-electron chi connectivity index (χ4n) is 2.04. The van der Waals surface area contributed by atoms with Crippen molar-refractivity contribution in [2.45, 2.75) is 13.0 Å². The molecular formula is C12H20N4O2. The number of aromatic amines is 1. The summed E-state index contributed by atoms with van der Waals surface area (Å²) in [7, 11) is 0. The fraction of sp³-hybridized carbons (Fsp3) is 0.583. The van der Waals surface area contributed by atoms with Crippen LogP contribution in [0.1, 0.15) is 17.4 Å². The summed E-state index contributed by atoms with van der Waals surface area (Å²) in [4.78, 5) is 16.9. The predicted molar refractivity (Wildman–Crippen MR) is 69.4 cm³/mol. The van der Waals surface area contributed by atoms with Gasteiger partial charge in [-0.1, -0.05) is 6.92 Å². The summed E-state index contributed by atoms with van der Waals surface area (Å²) in [6, 6.07) is 1.62. The van der Waals surface area contributed by atoms with Gasteiger partial charge in [0.25, 0.3) is 5.91 Å². The van der Waals surface area contributed by atoms with Gasteiger partial charge in [0, 0.05) is 31.5 Å². The number of rotatable bonds is 4. The molecule has 0 aliphatic carbocycles. The SMILES string of the molecule is CCN1CCOC(CNC(=O)c2cc(N)c[nH]2)C1. The molecule has 1 fully saturated rings. The highest BCUT2D eigenvalue weighted by Crippen LogP contribution is 2.06. The van der Waals surface area contributed by atoms with Crippen LogP contribution in [0.25, 0.3) is 0 Å². The van der Waals surface area contributed by atoms with Gasteiger partial charge in [0.05, 0.1) is 12.7 Å². The van der Waals surface area contributed by atoms with Crippen molar-refractivity contribution >= 4 is 11.6 Å². The van der Waals surface area contributed by atoms with Crippen molar-refractivity contribution < 1.29 is 9.53 Å². The van der Waals surface area contributed by atoms with Crippen LogP contribution in [0.15, 0.2) is 12.3 Å². The standard InChI is InChI=1S/C12H20N4O2/c1-2-16-3-4-18-10(8-16)7-15-12(17)11-5-9(13)6-14-11/h5-6,10,14H,2-4,7-8,13H2,1H3,(H,15,17). The third kappa shape index (κ3) is 3.24. The molecule has 0 bridgehead atoms. The maximum atomic E-state index is 11.8. The molecular weight excluding hydrogens is 232 g/mol. The second-order valence-corrected chi connectivity index (χ2v) is 4.44. The van der Waals surface area contributed by atoms with Gasteiger partial charge in [-0.15, -0.1) is 0 Å². The van der Waals surface area contributed by atoms with Gasteiger partial charge < -0.3 is 20.8 Å². The van der Waals surface area contributed by atoms with E-state index in [0.717, 1.165) is 26.2 Å². The number of amides is 1. The summed E-state index contributed by atoms with van der Waals surface area (Å²) in [5.41, 5.74) is 6.59. The third-order valence-corrected chi connectivity index (χ3v) is 3.11. The highest BCUT2D eigenvalue weighted by Gasteiger charge is 2.20. The molecule has 1 unspecified atom stereocenters. The molecule has 6 heteroatoms. The first kappa shape index (κ1) is 12.9. The number of nitrogens with two attached hydrogens (primary N) is 1. The van der Waals surface area contributed by atoms with Crippen LogP contribution in [-0.4, -0.2) is 54.7 Å². The number of ether oxygens (including phenoxy) is 1. The van der Waals surface area contributed by atoms with Crippen LogP contribution in [-0.2, 0) is 4.74 Å². The van der Waals surface area contributed by atoms with Crippen LogP contribution in [0.3, 0.4) is 0 Å². The summed E-state index contributed by atoms with van der Waals surface area (Å²) in [6.45, 7) is 6.22. The van der Waals surface area contributed by atoms with Crippen LogP contribution in [0.5, 0.6) is 0 Å². The van der Waals surface area contributed by atoms with Gasteiger partial charge in [-0.25, -0.2) is 0 Å². The van der Waals surface area contributed by atoms with Gasteiger partial charge in [-0.05, 0) is 12.6 Å². The Morgan fingerprint density at radius 2 is 2.56 bits per heavy atom. The number of H-pyrrole nitrogens is 1. The normalized spacial score (nSPS) is 20.8. The average Bonchev–Trinajstić information content (AvgIpc) is 2.83. The number of anilines is 1. The predicted octanol–water partition coefficient (Wildman–Crippen LogP) is 0.0474. The summed E-state index contributed by atoms with van der Waals surface area (Å²) in [5.74, 6) is -0.149. The molecule has 4 N–H and O–H groups in total. The number of nitrogen functional groups attached to an aromatic ring is 1. The zero-order chi connectivity index (χ0) is 13.0. The summed E-state index contributed by atoms with van der Waals surface area (Å²) >= 11 is 0. The molecule has 0 saturated carbocycles. The lowest BCUT2D eigenvalue weighted by Gasteiger charge is -2.32. The van der Waals surface area contributed by atoms with Gasteiger partial charge in [0.1, 0.15) is 5.69 Å². The molecule has 0 radical (unpaired) electrons. The Morgan fingerprint density at radius 3 is 3.22 bits per heavy atom. The Hall–Kier alpha value is -1.53. The van der Waals surface area contributed by atoms with Crippen molar-refractivity contribution in [1.82, 2.24) is 15.2 Å². The summed E-state index contributed by atoms with van der Waals surface area (Å²) < 4.78 is 5.61. The Morgan fingerprint density at radius 1 is 1.72 bits per heavy atom. The molecule has 0 aromatic carbocycles. The van der Waals surface area contributed by atoms with Crippen molar-refractivity contribution in [3.8, 4) is 0 Å². The van der Waals surface area contributed by atoms with E-state index in [9.17, 15) is 4.79 Å². The van der Waals surface area contributed by atoms with Crippen LogP contribution < -0.4 is 11.1 Å². The van der Waals surface area contributed by atoms with E-state index in [1.165, 1.54) is 0 Å². The van der Waals surface area contributed by atoms with E-state index in [0.29, 0.717) is 17.9 Å². The molecule has 1 saturated heterocycles. The lowest BCUT2D eigenvalue weighted by Crippen LogP contribution is -2.47. The molecule has 1 aromatic rings. The number of carbonyl (C=O) groups is 1. The van der Waals surface area contributed by atoms with Crippen LogP contribution in [0, 0.1) is 0 Å². The molecule has 6 nitrogen and oxygen atoms in total. The first-order chi connectivity index (χ1) is 8.69. The Labute approximate surface area is 106 Å². The zero-order valence-electron chi connectivity index (χ0n) is 10.6. The monoisotopic (exact) mass is 252 g/mol. The van der Waals surface area contributed by atoms with E-state index in [4.69, 9.17) is 10.5 Å². The van der Waals surface area contributed by atoms with Gasteiger partial charge >= 0.3 is 0 Å². The fourth-order valence-corrected chi connectivity index (χ4v) is 2.04. The van der Waals surface area contributed by atoms with Crippen molar-refractivity contribution in [2.75, 3.05) is 38.5 Å². The molecule has 1 aromatic heterocycles. The number of likely N-dealkylation sites (N-methyl/N-ethyl adjacent to an activating group) is 1. The first-order valence-corrected chi connectivity index (χ1v) is 6.25. The summed E-state index contributed by atoms with van der Waals surface area (Å²) in [6.07, 6.45) is 1.67. The van der Waals surface area contributed by atoms with E-state index < -0.39 is 0 Å². The van der Waals surface area contributed by atoms with Crippen molar-refractivity contribution in [3.63, 3.8) is 0 Å². The third-order valence-electron chi connectivity index (χ3n) is 3.11. The number of nitrogens with zero attached hydrogens (tertiary/aromatic N) is 1. The molecule has 1 atom stereocenters. The molecule has 2 rings (SSSR count). The van der Waals surface area contributed by atoms with E-state index >= 15 is 0 Å². The number of hydrogen-bond donors (Lipinski definition) is 3. The van der Waals surface area contributed by atoms with Crippen molar-refractivity contribution in [3.05, 3.63) is 18.0 Å². The maximum Gasteiger partial charge on any atom is 0.267 e. The number of carbonyl (C=O) groups excluding carboxylic acids is 1. The van der Waals surface area contributed by atoms with Gasteiger partial charge in [-0.2, -0.15) is 0 Å². The molecule has 1 aliphatic rings.